The van der Waals surface area contributed by atoms with Gasteiger partial charge in [-0.3, -0.25) is 9.78 Å². The summed E-state index contributed by atoms with van der Waals surface area (Å²) in [6.07, 6.45) is 2.41. The van der Waals surface area contributed by atoms with Gasteiger partial charge in [0.05, 0.1) is 22.1 Å². The van der Waals surface area contributed by atoms with Crippen LogP contribution in [0.4, 0.5) is 4.39 Å². The molecule has 2 rings (SSSR count). The molecule has 88 valence electrons. The Balaban J connectivity index is 2.01. The largest absolute Gasteiger partial charge is 0.347 e. The Bertz CT molecular complexity index is 544. The van der Waals surface area contributed by atoms with Crippen molar-refractivity contribution in [3.8, 4) is 0 Å². The Labute approximate surface area is 110 Å². The topological polar surface area (TPSA) is 42.0 Å². The summed E-state index contributed by atoms with van der Waals surface area (Å²) in [5, 5.41) is 2.65. The van der Waals surface area contributed by atoms with E-state index in [-0.39, 0.29) is 5.56 Å². The Morgan fingerprint density at radius 2 is 2.29 bits per heavy atom. The lowest BCUT2D eigenvalue weighted by atomic mass is 10.2. The summed E-state index contributed by atoms with van der Waals surface area (Å²) in [5.41, 5.74) is 0.00984. The molecule has 0 spiro atoms. The van der Waals surface area contributed by atoms with Crippen LogP contribution >= 0.6 is 27.3 Å². The Kier molecular flexibility index (Phi) is 3.86. The molecule has 0 aromatic carbocycles. The van der Waals surface area contributed by atoms with Gasteiger partial charge in [0.15, 0.2) is 5.82 Å². The average molecular weight is 315 g/mol. The highest BCUT2D eigenvalue weighted by Gasteiger charge is 2.10. The molecule has 2 heterocycles. The standard InChI is InChI=1S/C11H8BrFN2OS/c12-10-2-1-7(17-10)5-15-11(16)8-3-4-14-6-9(8)13/h1-4,6H,5H2,(H,15,16). The average Bonchev–Trinajstić information content (AvgIpc) is 2.73. The highest BCUT2D eigenvalue weighted by Crippen LogP contribution is 2.21. The SMILES string of the molecule is O=C(NCc1ccc(Br)s1)c1ccncc1F. The second kappa shape index (κ2) is 5.37. The van der Waals surface area contributed by atoms with Gasteiger partial charge in [-0.1, -0.05) is 0 Å². The first-order valence-electron chi connectivity index (χ1n) is 4.79. The van der Waals surface area contributed by atoms with E-state index in [1.165, 1.54) is 23.6 Å². The lowest BCUT2D eigenvalue weighted by Gasteiger charge is -2.03. The summed E-state index contributed by atoms with van der Waals surface area (Å²) in [7, 11) is 0. The van der Waals surface area contributed by atoms with Crippen LogP contribution in [0, 0.1) is 5.82 Å². The number of pyridine rings is 1. The second-order valence-electron chi connectivity index (χ2n) is 3.24. The minimum absolute atomic E-state index is 0.00984. The van der Waals surface area contributed by atoms with E-state index in [9.17, 15) is 9.18 Å². The van der Waals surface area contributed by atoms with Crippen molar-refractivity contribution in [3.05, 3.63) is 50.6 Å². The molecule has 0 unspecified atom stereocenters. The number of nitrogens with zero attached hydrogens (tertiary/aromatic N) is 1. The van der Waals surface area contributed by atoms with Crippen LogP contribution in [0.2, 0.25) is 0 Å². The van der Waals surface area contributed by atoms with E-state index in [0.29, 0.717) is 6.54 Å². The van der Waals surface area contributed by atoms with Gasteiger partial charge in [-0.15, -0.1) is 11.3 Å². The van der Waals surface area contributed by atoms with Gasteiger partial charge >= 0.3 is 0 Å². The lowest BCUT2D eigenvalue weighted by molar-refractivity contribution is 0.0947. The first-order chi connectivity index (χ1) is 8.16. The number of rotatable bonds is 3. The van der Waals surface area contributed by atoms with Gasteiger partial charge in [-0.25, -0.2) is 4.39 Å². The van der Waals surface area contributed by atoms with Crippen molar-refractivity contribution in [3.63, 3.8) is 0 Å². The van der Waals surface area contributed by atoms with E-state index >= 15 is 0 Å². The number of halogens is 2. The van der Waals surface area contributed by atoms with Crippen molar-refractivity contribution in [1.82, 2.24) is 10.3 Å². The smallest absolute Gasteiger partial charge is 0.254 e. The Hall–Kier alpha value is -1.27. The van der Waals surface area contributed by atoms with E-state index < -0.39 is 11.7 Å². The molecule has 0 aliphatic rings. The fourth-order valence-electron chi connectivity index (χ4n) is 1.27. The highest BCUT2D eigenvalue weighted by atomic mass is 79.9. The summed E-state index contributed by atoms with van der Waals surface area (Å²) in [5.74, 6) is -1.05. The molecule has 2 aromatic rings. The summed E-state index contributed by atoms with van der Waals surface area (Å²) in [6.45, 7) is 0.386. The first-order valence-corrected chi connectivity index (χ1v) is 6.39. The third-order valence-corrected chi connectivity index (χ3v) is 3.69. The summed E-state index contributed by atoms with van der Waals surface area (Å²) in [6, 6.07) is 5.16. The molecule has 6 heteroatoms. The molecule has 0 radical (unpaired) electrons. The van der Waals surface area contributed by atoms with Crippen LogP contribution in [-0.4, -0.2) is 10.9 Å². The lowest BCUT2D eigenvalue weighted by Crippen LogP contribution is -2.23. The van der Waals surface area contributed by atoms with Crippen molar-refractivity contribution < 1.29 is 9.18 Å². The third-order valence-electron chi connectivity index (χ3n) is 2.07. The zero-order valence-corrected chi connectivity index (χ0v) is 11.0. The maximum absolute atomic E-state index is 13.2. The maximum atomic E-state index is 13.2. The highest BCUT2D eigenvalue weighted by molar-refractivity contribution is 9.11. The summed E-state index contributed by atoms with van der Waals surface area (Å²) < 4.78 is 14.2. The van der Waals surface area contributed by atoms with Crippen LogP contribution in [0.25, 0.3) is 0 Å². The van der Waals surface area contributed by atoms with Gasteiger partial charge < -0.3 is 5.32 Å². The van der Waals surface area contributed by atoms with Crippen LogP contribution < -0.4 is 5.32 Å². The molecule has 17 heavy (non-hydrogen) atoms. The molecule has 0 atom stereocenters. The molecular weight excluding hydrogens is 307 g/mol. The van der Waals surface area contributed by atoms with Crippen molar-refractivity contribution >= 4 is 33.2 Å². The van der Waals surface area contributed by atoms with Gasteiger partial charge in [0.2, 0.25) is 0 Å². The van der Waals surface area contributed by atoms with Crippen molar-refractivity contribution in [2.45, 2.75) is 6.54 Å². The molecule has 0 saturated heterocycles. The van der Waals surface area contributed by atoms with Crippen LogP contribution in [0.3, 0.4) is 0 Å². The molecule has 0 bridgehead atoms. The Morgan fingerprint density at radius 3 is 2.94 bits per heavy atom. The third kappa shape index (κ3) is 3.10. The van der Waals surface area contributed by atoms with Gasteiger partial charge in [-0.05, 0) is 34.1 Å². The summed E-state index contributed by atoms with van der Waals surface area (Å²) >= 11 is 4.86. The quantitative estimate of drug-likeness (QED) is 0.946. The van der Waals surface area contributed by atoms with Gasteiger partial charge in [0, 0.05) is 11.1 Å². The number of hydrogen-bond acceptors (Lipinski definition) is 3. The molecule has 1 N–H and O–H groups in total. The van der Waals surface area contributed by atoms with E-state index in [4.69, 9.17) is 0 Å². The molecule has 3 nitrogen and oxygen atoms in total. The number of amides is 1. The van der Waals surface area contributed by atoms with E-state index in [0.717, 1.165) is 14.9 Å². The number of carbonyl (C=O) groups excluding carboxylic acids is 1. The molecule has 0 aliphatic heterocycles. The van der Waals surface area contributed by atoms with Crippen LogP contribution in [0.15, 0.2) is 34.4 Å². The summed E-state index contributed by atoms with van der Waals surface area (Å²) in [4.78, 5) is 16.2. The predicted molar refractivity (Wildman–Crippen MR) is 67.4 cm³/mol. The number of hydrogen-bond donors (Lipinski definition) is 1. The fraction of sp³-hybridized carbons (Fsp3) is 0.0909. The normalized spacial score (nSPS) is 10.2. The molecule has 0 aliphatic carbocycles. The van der Waals surface area contributed by atoms with Crippen molar-refractivity contribution in [2.75, 3.05) is 0 Å². The monoisotopic (exact) mass is 314 g/mol. The molecule has 1 amide bonds. The van der Waals surface area contributed by atoms with E-state index in [2.05, 4.69) is 26.2 Å². The van der Waals surface area contributed by atoms with Crippen molar-refractivity contribution in [1.29, 1.82) is 0 Å². The number of thiophene rings is 1. The molecule has 0 saturated carbocycles. The van der Waals surface area contributed by atoms with Crippen LogP contribution in [0.1, 0.15) is 15.2 Å². The van der Waals surface area contributed by atoms with Crippen LogP contribution in [-0.2, 0) is 6.54 Å². The molecule has 2 aromatic heterocycles. The van der Waals surface area contributed by atoms with Crippen molar-refractivity contribution in [2.24, 2.45) is 0 Å². The number of carbonyl (C=O) groups is 1. The van der Waals surface area contributed by atoms with Gasteiger partial charge in [0.1, 0.15) is 0 Å². The van der Waals surface area contributed by atoms with Gasteiger partial charge in [-0.2, -0.15) is 0 Å². The number of aromatic nitrogens is 1. The zero-order chi connectivity index (χ0) is 12.3. The minimum Gasteiger partial charge on any atom is -0.347 e. The van der Waals surface area contributed by atoms with E-state index in [1.807, 2.05) is 12.1 Å². The fourth-order valence-corrected chi connectivity index (χ4v) is 2.69. The number of nitrogens with one attached hydrogen (secondary N) is 1. The predicted octanol–water partition coefficient (Wildman–Crippen LogP) is 2.97. The molecular formula is C11H8BrFN2OS. The Morgan fingerprint density at radius 1 is 1.47 bits per heavy atom. The maximum Gasteiger partial charge on any atom is 0.254 e. The second-order valence-corrected chi connectivity index (χ2v) is 5.79. The van der Waals surface area contributed by atoms with Crippen LogP contribution in [0.5, 0.6) is 0 Å². The minimum atomic E-state index is -0.614. The first kappa shape index (κ1) is 12.2. The molecule has 0 fully saturated rings. The van der Waals surface area contributed by atoms with Gasteiger partial charge in [0.25, 0.3) is 5.91 Å². The van der Waals surface area contributed by atoms with E-state index in [1.54, 1.807) is 0 Å². The zero-order valence-electron chi connectivity index (χ0n) is 8.61.